The molecule has 28 heavy (non-hydrogen) atoms. The van der Waals surface area contributed by atoms with E-state index in [1.165, 1.54) is 24.4 Å². The molecule has 0 spiro atoms. The van der Waals surface area contributed by atoms with Crippen molar-refractivity contribution in [1.29, 1.82) is 0 Å². The number of benzene rings is 2. The van der Waals surface area contributed by atoms with Gasteiger partial charge in [0.25, 0.3) is 5.91 Å². The van der Waals surface area contributed by atoms with Crippen LogP contribution in [0.3, 0.4) is 0 Å². The van der Waals surface area contributed by atoms with E-state index in [1.54, 1.807) is 4.90 Å². The Hall–Kier alpha value is -2.70. The van der Waals surface area contributed by atoms with E-state index in [-0.39, 0.29) is 10.9 Å². The Morgan fingerprint density at radius 2 is 2.04 bits per heavy atom. The predicted octanol–water partition coefficient (Wildman–Crippen LogP) is 4.60. The molecule has 0 radical (unpaired) electrons. The largest absolute Gasteiger partial charge is 0.437 e. The zero-order valence-electron chi connectivity index (χ0n) is 15.2. The predicted molar refractivity (Wildman–Crippen MR) is 105 cm³/mol. The third-order valence-corrected chi connectivity index (χ3v) is 5.01. The summed E-state index contributed by atoms with van der Waals surface area (Å²) in [6.45, 7) is 4.10. The Morgan fingerprint density at radius 3 is 2.79 bits per heavy atom. The number of fused-ring (bicyclic) bond motifs is 1. The van der Waals surface area contributed by atoms with Gasteiger partial charge in [0.05, 0.1) is 23.8 Å². The van der Waals surface area contributed by atoms with Crippen molar-refractivity contribution in [2.75, 3.05) is 26.3 Å². The highest BCUT2D eigenvalue weighted by Gasteiger charge is 2.23. The van der Waals surface area contributed by atoms with E-state index in [0.717, 1.165) is 10.9 Å². The van der Waals surface area contributed by atoms with Gasteiger partial charge in [0.1, 0.15) is 11.6 Å². The van der Waals surface area contributed by atoms with Crippen molar-refractivity contribution in [2.24, 2.45) is 0 Å². The summed E-state index contributed by atoms with van der Waals surface area (Å²) in [5, 5.41) is 1.62. The minimum absolute atomic E-state index is 0.0820. The summed E-state index contributed by atoms with van der Waals surface area (Å²) in [5.41, 5.74) is 1.46. The number of aryl methyl sites for hydroxylation is 1. The zero-order valence-corrected chi connectivity index (χ0v) is 16.0. The molecule has 1 amide bonds. The van der Waals surface area contributed by atoms with Crippen molar-refractivity contribution in [2.45, 2.75) is 6.92 Å². The highest BCUT2D eigenvalue weighted by atomic mass is 35.5. The van der Waals surface area contributed by atoms with E-state index >= 15 is 0 Å². The minimum atomic E-state index is -0.447. The van der Waals surface area contributed by atoms with E-state index in [4.69, 9.17) is 21.1 Å². The summed E-state index contributed by atoms with van der Waals surface area (Å²) in [5.74, 6) is 0.0790. The molecule has 0 atom stereocenters. The van der Waals surface area contributed by atoms with Crippen LogP contribution in [0.25, 0.3) is 10.8 Å². The van der Waals surface area contributed by atoms with Crippen molar-refractivity contribution >= 4 is 28.3 Å². The molecule has 5 nitrogen and oxygen atoms in total. The smallest absolute Gasteiger partial charge is 0.256 e. The van der Waals surface area contributed by atoms with Crippen molar-refractivity contribution in [3.05, 3.63) is 64.6 Å². The lowest BCUT2D eigenvalue weighted by Crippen LogP contribution is -2.40. The molecule has 144 valence electrons. The van der Waals surface area contributed by atoms with E-state index in [1.807, 2.05) is 25.1 Å². The number of hydrogen-bond donors (Lipinski definition) is 0. The number of halogens is 2. The van der Waals surface area contributed by atoms with Gasteiger partial charge in [-0.3, -0.25) is 4.79 Å². The maximum atomic E-state index is 13.3. The van der Waals surface area contributed by atoms with Crippen LogP contribution in [0.1, 0.15) is 15.9 Å². The van der Waals surface area contributed by atoms with Gasteiger partial charge in [0.15, 0.2) is 0 Å². The molecular formula is C21H18ClFN2O3. The third-order valence-electron chi connectivity index (χ3n) is 4.71. The highest BCUT2D eigenvalue weighted by molar-refractivity contribution is 6.32. The molecular weight excluding hydrogens is 383 g/mol. The van der Waals surface area contributed by atoms with Gasteiger partial charge in [-0.25, -0.2) is 9.37 Å². The number of ether oxygens (including phenoxy) is 2. The monoisotopic (exact) mass is 400 g/mol. The lowest BCUT2D eigenvalue weighted by molar-refractivity contribution is 0.0304. The Bertz CT molecular complexity index is 1050. The second-order valence-electron chi connectivity index (χ2n) is 6.56. The number of morpholine rings is 1. The lowest BCUT2D eigenvalue weighted by atomic mass is 10.0. The lowest BCUT2D eigenvalue weighted by Gasteiger charge is -2.27. The summed E-state index contributed by atoms with van der Waals surface area (Å²) in [6, 6.07) is 9.56. The van der Waals surface area contributed by atoms with E-state index in [9.17, 15) is 9.18 Å². The standard InChI is InChI=1S/C21H18ClFN2O3/c1-13-3-2-4-15-19(13)16(21(26)25-7-9-27-10-8-25)12-24-20(15)28-18-6-5-14(23)11-17(18)22/h2-6,11-12H,7-10H2,1H3. The van der Waals surface area contributed by atoms with Crippen LogP contribution in [-0.2, 0) is 4.74 Å². The molecule has 0 aliphatic carbocycles. The molecule has 0 unspecified atom stereocenters. The molecule has 2 aromatic carbocycles. The van der Waals surface area contributed by atoms with Gasteiger partial charge >= 0.3 is 0 Å². The van der Waals surface area contributed by atoms with Crippen LogP contribution in [-0.4, -0.2) is 42.1 Å². The summed E-state index contributed by atoms with van der Waals surface area (Å²) >= 11 is 6.08. The van der Waals surface area contributed by atoms with Gasteiger partial charge in [-0.15, -0.1) is 0 Å². The van der Waals surface area contributed by atoms with Crippen LogP contribution in [0, 0.1) is 12.7 Å². The van der Waals surface area contributed by atoms with Crippen LogP contribution < -0.4 is 4.74 Å². The Labute approximate surface area is 166 Å². The second-order valence-corrected chi connectivity index (χ2v) is 6.96. The van der Waals surface area contributed by atoms with Crippen LogP contribution in [0.4, 0.5) is 4.39 Å². The molecule has 1 aromatic heterocycles. The summed E-state index contributed by atoms with van der Waals surface area (Å²) in [7, 11) is 0. The van der Waals surface area contributed by atoms with Gasteiger partial charge in [-0.05, 0) is 36.8 Å². The average molecular weight is 401 g/mol. The first-order valence-corrected chi connectivity index (χ1v) is 9.30. The molecule has 0 bridgehead atoms. The Kier molecular flexibility index (Phi) is 5.15. The molecule has 0 saturated carbocycles. The second kappa shape index (κ2) is 7.73. The molecule has 1 fully saturated rings. The maximum absolute atomic E-state index is 13.3. The zero-order chi connectivity index (χ0) is 19.7. The Balaban J connectivity index is 1.78. The summed E-state index contributed by atoms with van der Waals surface area (Å²) in [4.78, 5) is 19.2. The minimum Gasteiger partial charge on any atom is -0.437 e. The van der Waals surface area contributed by atoms with Crippen LogP contribution in [0.2, 0.25) is 5.02 Å². The fraction of sp³-hybridized carbons (Fsp3) is 0.238. The number of amides is 1. The molecule has 1 aliphatic heterocycles. The number of nitrogens with zero attached hydrogens (tertiary/aromatic N) is 2. The van der Waals surface area contributed by atoms with Crippen molar-refractivity contribution in [3.63, 3.8) is 0 Å². The number of carbonyl (C=O) groups excluding carboxylic acids is 1. The fourth-order valence-corrected chi connectivity index (χ4v) is 3.51. The molecule has 2 heterocycles. The highest BCUT2D eigenvalue weighted by Crippen LogP contribution is 2.35. The van der Waals surface area contributed by atoms with Crippen LogP contribution in [0.5, 0.6) is 11.6 Å². The first-order chi connectivity index (χ1) is 13.5. The van der Waals surface area contributed by atoms with Crippen molar-refractivity contribution in [1.82, 2.24) is 9.88 Å². The fourth-order valence-electron chi connectivity index (χ4n) is 3.30. The first kappa shape index (κ1) is 18.7. The van der Waals surface area contributed by atoms with E-state index < -0.39 is 5.82 Å². The third kappa shape index (κ3) is 3.53. The van der Waals surface area contributed by atoms with Gasteiger partial charge in [-0.1, -0.05) is 23.7 Å². The average Bonchev–Trinajstić information content (AvgIpc) is 2.70. The summed E-state index contributed by atoms with van der Waals surface area (Å²) in [6.07, 6.45) is 1.53. The SMILES string of the molecule is Cc1cccc2c(Oc3ccc(F)cc3Cl)ncc(C(=O)N3CCOCC3)c12. The van der Waals surface area contributed by atoms with Gasteiger partial charge in [0.2, 0.25) is 5.88 Å². The van der Waals surface area contributed by atoms with Crippen LogP contribution in [0.15, 0.2) is 42.6 Å². The summed E-state index contributed by atoms with van der Waals surface area (Å²) < 4.78 is 24.5. The number of aromatic nitrogens is 1. The number of rotatable bonds is 3. The van der Waals surface area contributed by atoms with E-state index in [0.29, 0.717) is 48.9 Å². The Morgan fingerprint density at radius 1 is 1.25 bits per heavy atom. The maximum Gasteiger partial charge on any atom is 0.256 e. The number of hydrogen-bond acceptors (Lipinski definition) is 4. The van der Waals surface area contributed by atoms with Crippen molar-refractivity contribution < 1.29 is 18.7 Å². The van der Waals surface area contributed by atoms with Gasteiger partial charge in [0, 0.05) is 30.1 Å². The first-order valence-electron chi connectivity index (χ1n) is 8.93. The molecule has 1 aliphatic rings. The van der Waals surface area contributed by atoms with Crippen LogP contribution >= 0.6 is 11.6 Å². The normalized spacial score (nSPS) is 14.3. The topological polar surface area (TPSA) is 51.7 Å². The molecule has 4 rings (SSSR count). The number of carbonyl (C=O) groups is 1. The number of pyridine rings is 1. The quantitative estimate of drug-likeness (QED) is 0.644. The molecule has 1 saturated heterocycles. The van der Waals surface area contributed by atoms with Gasteiger partial charge in [-0.2, -0.15) is 0 Å². The van der Waals surface area contributed by atoms with Crippen molar-refractivity contribution in [3.8, 4) is 11.6 Å². The molecule has 3 aromatic rings. The molecule has 0 N–H and O–H groups in total. The van der Waals surface area contributed by atoms with E-state index in [2.05, 4.69) is 4.98 Å². The van der Waals surface area contributed by atoms with Gasteiger partial charge < -0.3 is 14.4 Å². The molecule has 7 heteroatoms.